The Balaban J connectivity index is 1.91. The molecule has 0 aliphatic rings. The fourth-order valence-corrected chi connectivity index (χ4v) is 1.97. The van der Waals surface area contributed by atoms with Crippen molar-refractivity contribution in [3.63, 3.8) is 0 Å². The average Bonchev–Trinajstić information content (AvgIpc) is 2.53. The van der Waals surface area contributed by atoms with Crippen LogP contribution in [0.4, 0.5) is 0 Å². The maximum atomic E-state index is 8.70. The van der Waals surface area contributed by atoms with Crippen molar-refractivity contribution in [3.05, 3.63) is 59.7 Å². The second-order valence-corrected chi connectivity index (χ2v) is 4.61. The number of rotatable bonds is 8. The van der Waals surface area contributed by atoms with E-state index in [1.165, 1.54) is 11.1 Å². The zero-order valence-corrected chi connectivity index (χ0v) is 11.9. The molecular formula is C17H20O4. The first-order chi connectivity index (χ1) is 10.3. The lowest BCUT2D eigenvalue weighted by molar-refractivity contribution is 0.201. The molecule has 0 amide bonds. The highest BCUT2D eigenvalue weighted by molar-refractivity contribution is 5.34. The monoisotopic (exact) mass is 288 g/mol. The summed E-state index contributed by atoms with van der Waals surface area (Å²) < 4.78 is 10.7. The van der Waals surface area contributed by atoms with E-state index in [1.807, 2.05) is 48.5 Å². The van der Waals surface area contributed by atoms with Crippen LogP contribution < -0.4 is 9.47 Å². The van der Waals surface area contributed by atoms with Gasteiger partial charge in [0.15, 0.2) is 0 Å². The van der Waals surface area contributed by atoms with Crippen molar-refractivity contribution in [1.82, 2.24) is 0 Å². The van der Waals surface area contributed by atoms with Gasteiger partial charge in [-0.1, -0.05) is 24.3 Å². The molecule has 2 aromatic rings. The van der Waals surface area contributed by atoms with Gasteiger partial charge in [-0.05, 0) is 41.8 Å². The van der Waals surface area contributed by atoms with E-state index < -0.39 is 0 Å². The molecule has 0 aromatic heterocycles. The van der Waals surface area contributed by atoms with Gasteiger partial charge in [-0.3, -0.25) is 0 Å². The largest absolute Gasteiger partial charge is 0.491 e. The quantitative estimate of drug-likeness (QED) is 0.780. The summed E-state index contributed by atoms with van der Waals surface area (Å²) in [6, 6.07) is 15.7. The van der Waals surface area contributed by atoms with Gasteiger partial charge in [0.05, 0.1) is 13.2 Å². The van der Waals surface area contributed by atoms with Crippen molar-refractivity contribution in [1.29, 1.82) is 0 Å². The van der Waals surface area contributed by atoms with Crippen LogP contribution in [0.25, 0.3) is 0 Å². The molecule has 0 saturated carbocycles. The zero-order valence-electron chi connectivity index (χ0n) is 11.9. The highest BCUT2D eigenvalue weighted by Gasteiger charge is 1.99. The van der Waals surface area contributed by atoms with Crippen LogP contribution in [0.15, 0.2) is 48.5 Å². The summed E-state index contributed by atoms with van der Waals surface area (Å²) in [4.78, 5) is 0. The van der Waals surface area contributed by atoms with Crippen LogP contribution in [-0.2, 0) is 6.42 Å². The van der Waals surface area contributed by atoms with Crippen LogP contribution in [0.3, 0.4) is 0 Å². The molecule has 0 fully saturated rings. The van der Waals surface area contributed by atoms with Gasteiger partial charge >= 0.3 is 0 Å². The van der Waals surface area contributed by atoms with Crippen LogP contribution in [0, 0.1) is 0 Å². The summed E-state index contributed by atoms with van der Waals surface area (Å²) in [5.41, 5.74) is 2.38. The smallest absolute Gasteiger partial charge is 0.119 e. The number of hydrogen-bond donors (Lipinski definition) is 2. The predicted molar refractivity (Wildman–Crippen MR) is 80.9 cm³/mol. The van der Waals surface area contributed by atoms with Gasteiger partial charge in [0.1, 0.15) is 24.7 Å². The Labute approximate surface area is 124 Å². The Morgan fingerprint density at radius 3 is 1.33 bits per heavy atom. The van der Waals surface area contributed by atoms with Crippen LogP contribution in [0.5, 0.6) is 11.5 Å². The van der Waals surface area contributed by atoms with Gasteiger partial charge in [-0.25, -0.2) is 0 Å². The highest BCUT2D eigenvalue weighted by Crippen LogP contribution is 2.17. The molecule has 0 radical (unpaired) electrons. The molecule has 0 bridgehead atoms. The summed E-state index contributed by atoms with van der Waals surface area (Å²) in [5.74, 6) is 1.53. The van der Waals surface area contributed by atoms with E-state index in [4.69, 9.17) is 19.7 Å². The first kappa shape index (κ1) is 15.4. The summed E-state index contributed by atoms with van der Waals surface area (Å²) in [5, 5.41) is 17.4. The van der Waals surface area contributed by atoms with E-state index in [0.29, 0.717) is 13.2 Å². The van der Waals surface area contributed by atoms with Crippen molar-refractivity contribution < 1.29 is 19.7 Å². The fraction of sp³-hybridized carbons (Fsp3) is 0.294. The van der Waals surface area contributed by atoms with E-state index in [2.05, 4.69) is 0 Å². The van der Waals surface area contributed by atoms with E-state index in [9.17, 15) is 0 Å². The van der Waals surface area contributed by atoms with Crippen molar-refractivity contribution in [2.75, 3.05) is 26.4 Å². The van der Waals surface area contributed by atoms with Crippen molar-refractivity contribution >= 4 is 0 Å². The van der Waals surface area contributed by atoms with Gasteiger partial charge < -0.3 is 19.7 Å². The van der Waals surface area contributed by atoms with Crippen LogP contribution in [0.2, 0.25) is 0 Å². The maximum absolute atomic E-state index is 8.70. The average molecular weight is 288 g/mol. The third-order valence-electron chi connectivity index (χ3n) is 2.97. The standard InChI is InChI=1S/C17H20O4/c18-9-11-20-16-5-1-14(2-6-16)13-15-3-7-17(8-4-15)21-12-10-19/h1-8,18-19H,9-13H2. The van der Waals surface area contributed by atoms with Crippen molar-refractivity contribution in [3.8, 4) is 11.5 Å². The minimum atomic E-state index is 0.0203. The molecule has 0 unspecified atom stereocenters. The molecule has 2 rings (SSSR count). The summed E-state index contributed by atoms with van der Waals surface area (Å²) in [6.45, 7) is 0.669. The number of benzene rings is 2. The second-order valence-electron chi connectivity index (χ2n) is 4.61. The Bertz CT molecular complexity index is 470. The molecule has 21 heavy (non-hydrogen) atoms. The minimum absolute atomic E-state index is 0.0203. The Kier molecular flexibility index (Phi) is 6.06. The van der Waals surface area contributed by atoms with E-state index in [0.717, 1.165) is 17.9 Å². The number of aliphatic hydroxyl groups is 2. The van der Waals surface area contributed by atoms with Gasteiger partial charge in [-0.15, -0.1) is 0 Å². The SMILES string of the molecule is OCCOc1ccc(Cc2ccc(OCCO)cc2)cc1. The van der Waals surface area contributed by atoms with Gasteiger partial charge in [0.2, 0.25) is 0 Å². The molecular weight excluding hydrogens is 268 g/mol. The van der Waals surface area contributed by atoms with Crippen LogP contribution in [0.1, 0.15) is 11.1 Å². The molecule has 0 saturated heterocycles. The topological polar surface area (TPSA) is 58.9 Å². The summed E-state index contributed by atoms with van der Waals surface area (Å²) in [7, 11) is 0. The molecule has 112 valence electrons. The minimum Gasteiger partial charge on any atom is -0.491 e. The lowest BCUT2D eigenvalue weighted by atomic mass is 10.0. The van der Waals surface area contributed by atoms with Crippen LogP contribution >= 0.6 is 0 Å². The third-order valence-corrected chi connectivity index (χ3v) is 2.97. The lowest BCUT2D eigenvalue weighted by Crippen LogP contribution is -2.01. The van der Waals surface area contributed by atoms with Gasteiger partial charge in [-0.2, -0.15) is 0 Å². The molecule has 0 spiro atoms. The summed E-state index contributed by atoms with van der Waals surface area (Å²) >= 11 is 0. The number of ether oxygens (including phenoxy) is 2. The molecule has 4 nitrogen and oxygen atoms in total. The Morgan fingerprint density at radius 1 is 0.619 bits per heavy atom. The first-order valence-electron chi connectivity index (χ1n) is 6.97. The van der Waals surface area contributed by atoms with Crippen molar-refractivity contribution in [2.24, 2.45) is 0 Å². The van der Waals surface area contributed by atoms with Gasteiger partial charge in [0.25, 0.3) is 0 Å². The molecule has 2 N–H and O–H groups in total. The van der Waals surface area contributed by atoms with Crippen LogP contribution in [-0.4, -0.2) is 36.6 Å². The molecule has 0 atom stereocenters. The van der Waals surface area contributed by atoms with E-state index in [-0.39, 0.29) is 13.2 Å². The number of aliphatic hydroxyl groups excluding tert-OH is 2. The van der Waals surface area contributed by atoms with Gasteiger partial charge in [0, 0.05) is 0 Å². The third kappa shape index (κ3) is 5.10. The maximum Gasteiger partial charge on any atom is 0.119 e. The van der Waals surface area contributed by atoms with E-state index >= 15 is 0 Å². The molecule has 0 aliphatic heterocycles. The Hall–Kier alpha value is -2.04. The Morgan fingerprint density at radius 2 is 1.00 bits per heavy atom. The lowest BCUT2D eigenvalue weighted by Gasteiger charge is -2.07. The van der Waals surface area contributed by atoms with Crippen molar-refractivity contribution in [2.45, 2.75) is 6.42 Å². The first-order valence-corrected chi connectivity index (χ1v) is 6.97. The molecule has 4 heteroatoms. The molecule has 0 aliphatic carbocycles. The highest BCUT2D eigenvalue weighted by atomic mass is 16.5. The normalized spacial score (nSPS) is 10.4. The molecule has 0 heterocycles. The zero-order chi connectivity index (χ0) is 14.9. The van der Waals surface area contributed by atoms with E-state index in [1.54, 1.807) is 0 Å². The number of hydrogen-bond acceptors (Lipinski definition) is 4. The fourth-order valence-electron chi connectivity index (χ4n) is 1.97. The molecule has 2 aromatic carbocycles. The summed E-state index contributed by atoms with van der Waals surface area (Å²) in [6.07, 6.45) is 0.834. The predicted octanol–water partition coefficient (Wildman–Crippen LogP) is 2.02. The second kappa shape index (κ2) is 8.29.